The summed E-state index contributed by atoms with van der Waals surface area (Å²) >= 11 is 18.6. The molecular weight excluding hydrogens is 577 g/mol. The highest BCUT2D eigenvalue weighted by molar-refractivity contribution is 7.80. The minimum Gasteiger partial charge on any atom is -0.476 e. The van der Waals surface area contributed by atoms with Gasteiger partial charge >= 0.3 is 5.97 Å². The summed E-state index contributed by atoms with van der Waals surface area (Å²) in [6.45, 7) is 4.95. The van der Waals surface area contributed by atoms with Crippen molar-refractivity contribution in [2.75, 3.05) is 7.11 Å². The molecule has 3 aromatic rings. The van der Waals surface area contributed by atoms with Crippen LogP contribution in [-0.2, 0) is 14.9 Å². The summed E-state index contributed by atoms with van der Waals surface area (Å²) in [7, 11) is 1.29. The highest BCUT2D eigenvalue weighted by atomic mass is 35.5. The van der Waals surface area contributed by atoms with Gasteiger partial charge in [0.2, 0.25) is 0 Å². The number of benzene rings is 3. The summed E-state index contributed by atoms with van der Waals surface area (Å²) in [4.78, 5) is 17.8. The smallest absolute Gasteiger partial charge is 0.349 e. The first-order chi connectivity index (χ1) is 18.9. The quantitative estimate of drug-likeness (QED) is 0.239. The first kappa shape index (κ1) is 28.5. The fourth-order valence-electron chi connectivity index (χ4n) is 5.75. The molecule has 2 aliphatic rings. The van der Waals surface area contributed by atoms with Crippen LogP contribution in [0.4, 0.5) is 14.5 Å². The van der Waals surface area contributed by atoms with Gasteiger partial charge in [-0.05, 0) is 79.9 Å². The van der Waals surface area contributed by atoms with Crippen molar-refractivity contribution in [2.24, 2.45) is 4.99 Å². The van der Waals surface area contributed by atoms with Crippen LogP contribution in [0.1, 0.15) is 54.5 Å². The lowest BCUT2D eigenvalue weighted by Gasteiger charge is -2.48. The first-order valence-electron chi connectivity index (χ1n) is 12.5. The van der Waals surface area contributed by atoms with E-state index in [1.54, 1.807) is 51.1 Å². The number of methoxy groups -OCH3 is 1. The monoisotopic (exact) mass is 602 g/mol. The predicted octanol–water partition coefficient (Wildman–Crippen LogP) is 7.71. The standard InChI is InChI=1S/C30H26Cl2F2N2O3S/c1-15-9-22(33)23(34)12-18(15)27-30(14-35-24-11-17(32)5-7-20(24)30)21(13-26(40)36-27)19-10-16(31)6-8-25(19)39-29(2,3)28(37)38-4/h5-12,14,21,27H,13H2,1-4H3,(H,36,40)/t21-,27-,30-/m0/s1. The van der Waals surface area contributed by atoms with Crippen molar-refractivity contribution in [1.29, 1.82) is 0 Å². The third-order valence-corrected chi connectivity index (χ3v) is 8.36. The fraction of sp³-hybridized carbons (Fsp3) is 0.300. The van der Waals surface area contributed by atoms with Crippen LogP contribution >= 0.6 is 35.4 Å². The number of carbonyl (C=O) groups excluding carboxylic acids is 1. The Hall–Kier alpha value is -3.07. The average Bonchev–Trinajstić information content (AvgIpc) is 3.26. The third-order valence-electron chi connectivity index (χ3n) is 7.60. The molecule has 1 N–H and O–H groups in total. The Morgan fingerprint density at radius 2 is 1.75 bits per heavy atom. The minimum absolute atomic E-state index is 0.359. The molecule has 0 aromatic heterocycles. The summed E-state index contributed by atoms with van der Waals surface area (Å²) in [5, 5.41) is 4.35. The third kappa shape index (κ3) is 4.76. The van der Waals surface area contributed by atoms with E-state index in [9.17, 15) is 13.6 Å². The second kappa shape index (κ2) is 10.4. The van der Waals surface area contributed by atoms with Crippen LogP contribution < -0.4 is 10.1 Å². The summed E-state index contributed by atoms with van der Waals surface area (Å²) in [6.07, 6.45) is 2.17. The lowest BCUT2D eigenvalue weighted by molar-refractivity contribution is -0.156. The van der Waals surface area contributed by atoms with E-state index in [4.69, 9.17) is 49.9 Å². The lowest BCUT2D eigenvalue weighted by atomic mass is 9.59. The van der Waals surface area contributed by atoms with Gasteiger partial charge in [0.05, 0.1) is 29.2 Å². The zero-order valence-corrected chi connectivity index (χ0v) is 24.5. The van der Waals surface area contributed by atoms with Crippen molar-refractivity contribution >= 4 is 58.3 Å². The average molecular weight is 604 g/mol. The number of halogens is 4. The number of hydrogen-bond donors (Lipinski definition) is 1. The summed E-state index contributed by atoms with van der Waals surface area (Å²) in [6, 6.07) is 12.3. The van der Waals surface area contributed by atoms with E-state index in [0.717, 1.165) is 5.56 Å². The number of esters is 1. The minimum atomic E-state index is -1.32. The van der Waals surface area contributed by atoms with Gasteiger partial charge < -0.3 is 14.8 Å². The van der Waals surface area contributed by atoms with Crippen LogP contribution in [-0.4, -0.2) is 29.9 Å². The Morgan fingerprint density at radius 3 is 2.48 bits per heavy atom. The largest absolute Gasteiger partial charge is 0.476 e. The number of aryl methyl sites for hydroxylation is 1. The Morgan fingerprint density at radius 1 is 1.07 bits per heavy atom. The van der Waals surface area contributed by atoms with Crippen LogP contribution in [0.15, 0.2) is 53.5 Å². The van der Waals surface area contributed by atoms with Crippen molar-refractivity contribution in [3.05, 3.63) is 92.5 Å². The van der Waals surface area contributed by atoms with Gasteiger partial charge in [-0.1, -0.05) is 41.5 Å². The Balaban J connectivity index is 1.78. The summed E-state index contributed by atoms with van der Waals surface area (Å²) < 4.78 is 40.1. The highest BCUT2D eigenvalue weighted by Crippen LogP contribution is 2.58. The van der Waals surface area contributed by atoms with Crippen LogP contribution in [0, 0.1) is 18.6 Å². The molecule has 10 heteroatoms. The molecule has 0 bridgehead atoms. The molecule has 0 aliphatic carbocycles. The van der Waals surface area contributed by atoms with E-state index in [-0.39, 0.29) is 0 Å². The van der Waals surface area contributed by atoms with Crippen molar-refractivity contribution in [3.8, 4) is 5.75 Å². The maximum atomic E-state index is 14.7. The van der Waals surface area contributed by atoms with Crippen LogP contribution in [0.5, 0.6) is 5.75 Å². The summed E-state index contributed by atoms with van der Waals surface area (Å²) in [5.74, 6) is -2.49. The van der Waals surface area contributed by atoms with Crippen molar-refractivity contribution in [3.63, 3.8) is 0 Å². The molecule has 1 spiro atoms. The molecule has 0 amide bonds. The molecule has 2 heterocycles. The molecule has 0 radical (unpaired) electrons. The molecule has 0 unspecified atom stereocenters. The Bertz CT molecular complexity index is 1580. The van der Waals surface area contributed by atoms with E-state index in [2.05, 4.69) is 5.32 Å². The van der Waals surface area contributed by atoms with Gasteiger partial charge in [-0.25, -0.2) is 13.6 Å². The maximum Gasteiger partial charge on any atom is 0.349 e. The topological polar surface area (TPSA) is 59.9 Å². The molecule has 5 nitrogen and oxygen atoms in total. The highest BCUT2D eigenvalue weighted by Gasteiger charge is 2.55. The fourth-order valence-corrected chi connectivity index (χ4v) is 6.38. The predicted molar refractivity (Wildman–Crippen MR) is 156 cm³/mol. The van der Waals surface area contributed by atoms with Gasteiger partial charge in [0.25, 0.3) is 0 Å². The first-order valence-corrected chi connectivity index (χ1v) is 13.7. The van der Waals surface area contributed by atoms with E-state index in [0.29, 0.717) is 49.6 Å². The van der Waals surface area contributed by atoms with E-state index in [1.807, 2.05) is 12.3 Å². The molecule has 2 aliphatic heterocycles. The van der Waals surface area contributed by atoms with Gasteiger partial charge in [0.15, 0.2) is 17.2 Å². The van der Waals surface area contributed by atoms with E-state index in [1.165, 1.54) is 19.2 Å². The number of nitrogens with one attached hydrogen (secondary N) is 1. The molecule has 3 aromatic carbocycles. The Kier molecular flexibility index (Phi) is 7.40. The van der Waals surface area contributed by atoms with Crippen molar-refractivity contribution in [2.45, 2.75) is 50.2 Å². The van der Waals surface area contributed by atoms with Gasteiger partial charge in [0.1, 0.15) is 5.75 Å². The van der Waals surface area contributed by atoms with Gasteiger partial charge in [0, 0.05) is 34.2 Å². The lowest BCUT2D eigenvalue weighted by Crippen LogP contribution is -2.53. The number of fused-ring (bicyclic) bond motifs is 2. The molecular formula is C30H26Cl2F2N2O3S. The summed E-state index contributed by atoms with van der Waals surface area (Å²) in [5.41, 5.74) is 0.955. The number of thiocarbonyl (C=S) groups is 1. The number of piperidine rings is 1. The van der Waals surface area contributed by atoms with Crippen LogP contribution in [0.25, 0.3) is 0 Å². The molecule has 1 saturated heterocycles. The second-order valence-corrected chi connectivity index (χ2v) is 11.9. The molecule has 5 rings (SSSR count). The number of rotatable bonds is 5. The SMILES string of the molecule is COC(=O)C(C)(C)Oc1ccc(Cl)cc1[C@@H]1CC(=S)N[C@@H](c2cc(F)c(F)cc2C)[C@]12C=Nc1cc(Cl)ccc12. The number of carbonyl (C=O) groups is 1. The zero-order chi connectivity index (χ0) is 29.0. The normalized spacial score (nSPS) is 21.8. The second-order valence-electron chi connectivity index (χ2n) is 10.5. The molecule has 1 fully saturated rings. The molecule has 40 heavy (non-hydrogen) atoms. The maximum absolute atomic E-state index is 14.7. The number of nitrogens with zero attached hydrogens (tertiary/aromatic N) is 1. The van der Waals surface area contributed by atoms with Crippen LogP contribution in [0.2, 0.25) is 10.0 Å². The van der Waals surface area contributed by atoms with Crippen molar-refractivity contribution < 1.29 is 23.0 Å². The number of ether oxygens (including phenoxy) is 2. The van der Waals surface area contributed by atoms with Gasteiger partial charge in [-0.2, -0.15) is 0 Å². The zero-order valence-electron chi connectivity index (χ0n) is 22.2. The molecule has 208 valence electrons. The van der Waals surface area contributed by atoms with Crippen molar-refractivity contribution in [1.82, 2.24) is 5.32 Å². The van der Waals surface area contributed by atoms with E-state index < -0.39 is 40.6 Å². The number of hydrogen-bond acceptors (Lipinski definition) is 5. The van der Waals surface area contributed by atoms with Gasteiger partial charge in [-0.3, -0.25) is 4.99 Å². The van der Waals surface area contributed by atoms with Gasteiger partial charge in [-0.15, -0.1) is 0 Å². The van der Waals surface area contributed by atoms with E-state index >= 15 is 0 Å². The number of aliphatic imine (C=N–C) groups is 1. The molecule has 0 saturated carbocycles. The van der Waals surface area contributed by atoms with Crippen LogP contribution in [0.3, 0.4) is 0 Å². The molecule has 3 atom stereocenters. The Labute approximate surface area is 246 Å².